The van der Waals surface area contributed by atoms with Gasteiger partial charge in [-0.2, -0.15) is 0 Å². The van der Waals surface area contributed by atoms with E-state index in [-0.39, 0.29) is 24.1 Å². The first-order chi connectivity index (χ1) is 10.6. The monoisotopic (exact) mass is 336 g/mol. The highest BCUT2D eigenvalue weighted by Crippen LogP contribution is 2.14. The molecule has 124 valence electrons. The van der Waals surface area contributed by atoms with Crippen molar-refractivity contribution >= 4 is 18.3 Å². The molecular weight excluding hydrogens is 315 g/mol. The van der Waals surface area contributed by atoms with E-state index in [1.807, 2.05) is 30.3 Å². The number of hydrogen-bond acceptors (Lipinski definition) is 2. The van der Waals surface area contributed by atoms with Gasteiger partial charge in [-0.1, -0.05) is 30.3 Å². The van der Waals surface area contributed by atoms with E-state index in [0.29, 0.717) is 30.8 Å². The Morgan fingerprint density at radius 1 is 1.17 bits per heavy atom. The second-order valence-corrected chi connectivity index (χ2v) is 5.32. The van der Waals surface area contributed by atoms with E-state index < -0.39 is 0 Å². The van der Waals surface area contributed by atoms with Crippen molar-refractivity contribution < 1.29 is 9.18 Å². The Kier molecular flexibility index (Phi) is 7.72. The Hall–Kier alpha value is -1.91. The lowest BCUT2D eigenvalue weighted by Gasteiger charge is -2.23. The summed E-state index contributed by atoms with van der Waals surface area (Å²) in [5.41, 5.74) is 7.61. The molecule has 0 unspecified atom stereocenters. The van der Waals surface area contributed by atoms with Gasteiger partial charge in [-0.25, -0.2) is 4.39 Å². The summed E-state index contributed by atoms with van der Waals surface area (Å²) in [7, 11) is 0. The van der Waals surface area contributed by atoms with Crippen molar-refractivity contribution in [3.63, 3.8) is 0 Å². The highest BCUT2D eigenvalue weighted by molar-refractivity contribution is 5.94. The summed E-state index contributed by atoms with van der Waals surface area (Å²) < 4.78 is 13.4. The predicted molar refractivity (Wildman–Crippen MR) is 93.2 cm³/mol. The minimum Gasteiger partial charge on any atom is -0.334 e. The standard InChI is InChI=1S/C18H21FN2O.ClH/c1-14-12-16(8-9-17(14)19)18(22)21(11-5-10-20)13-15-6-3-2-4-7-15;/h2-4,6-9,12H,5,10-11,13,20H2,1H3;1H. The summed E-state index contributed by atoms with van der Waals surface area (Å²) in [5.74, 6) is -0.395. The van der Waals surface area contributed by atoms with E-state index in [2.05, 4.69) is 0 Å². The highest BCUT2D eigenvalue weighted by Gasteiger charge is 2.16. The molecular formula is C18H22ClFN2O. The maximum Gasteiger partial charge on any atom is 0.254 e. The fraction of sp³-hybridized carbons (Fsp3) is 0.278. The molecule has 2 rings (SSSR count). The van der Waals surface area contributed by atoms with Gasteiger partial charge in [0, 0.05) is 18.7 Å². The SMILES string of the molecule is Cc1cc(C(=O)N(CCCN)Cc2ccccc2)ccc1F.Cl. The van der Waals surface area contributed by atoms with Crippen LogP contribution in [-0.4, -0.2) is 23.9 Å². The van der Waals surface area contributed by atoms with Crippen LogP contribution >= 0.6 is 12.4 Å². The molecule has 0 bridgehead atoms. The van der Waals surface area contributed by atoms with E-state index in [1.54, 1.807) is 17.9 Å². The number of nitrogens with two attached hydrogens (primary N) is 1. The Morgan fingerprint density at radius 3 is 2.48 bits per heavy atom. The molecule has 23 heavy (non-hydrogen) atoms. The summed E-state index contributed by atoms with van der Waals surface area (Å²) in [6, 6.07) is 14.3. The van der Waals surface area contributed by atoms with Gasteiger partial charge in [0.15, 0.2) is 0 Å². The third kappa shape index (κ3) is 5.34. The summed E-state index contributed by atoms with van der Waals surface area (Å²) in [4.78, 5) is 14.4. The molecule has 2 N–H and O–H groups in total. The second kappa shape index (κ2) is 9.28. The fourth-order valence-corrected chi connectivity index (χ4v) is 2.30. The smallest absolute Gasteiger partial charge is 0.254 e. The van der Waals surface area contributed by atoms with Gasteiger partial charge >= 0.3 is 0 Å². The molecule has 0 aliphatic rings. The van der Waals surface area contributed by atoms with Crippen molar-refractivity contribution in [2.45, 2.75) is 19.9 Å². The van der Waals surface area contributed by atoms with Crippen molar-refractivity contribution in [3.05, 3.63) is 71.0 Å². The minimum absolute atomic E-state index is 0. The third-order valence-electron chi connectivity index (χ3n) is 3.54. The Bertz CT molecular complexity index is 634. The van der Waals surface area contributed by atoms with Gasteiger partial charge in [0.05, 0.1) is 0 Å². The van der Waals surface area contributed by atoms with Crippen molar-refractivity contribution in [3.8, 4) is 0 Å². The topological polar surface area (TPSA) is 46.3 Å². The van der Waals surface area contributed by atoms with Crippen LogP contribution in [0.2, 0.25) is 0 Å². The molecule has 0 aromatic heterocycles. The van der Waals surface area contributed by atoms with Gasteiger partial charge in [0.2, 0.25) is 0 Å². The van der Waals surface area contributed by atoms with Crippen LogP contribution < -0.4 is 5.73 Å². The second-order valence-electron chi connectivity index (χ2n) is 5.32. The number of hydrogen-bond donors (Lipinski definition) is 1. The van der Waals surface area contributed by atoms with Crippen LogP contribution in [0.5, 0.6) is 0 Å². The van der Waals surface area contributed by atoms with Crippen molar-refractivity contribution in [1.29, 1.82) is 0 Å². The number of aryl methyl sites for hydroxylation is 1. The summed E-state index contributed by atoms with van der Waals surface area (Å²) >= 11 is 0. The third-order valence-corrected chi connectivity index (χ3v) is 3.54. The largest absolute Gasteiger partial charge is 0.334 e. The molecule has 2 aromatic carbocycles. The average Bonchev–Trinajstić information content (AvgIpc) is 2.54. The van der Waals surface area contributed by atoms with Gasteiger partial charge in [-0.05, 0) is 49.2 Å². The molecule has 0 spiro atoms. The molecule has 0 aliphatic heterocycles. The molecule has 0 atom stereocenters. The summed E-state index contributed by atoms with van der Waals surface area (Å²) in [6.45, 7) is 3.30. The summed E-state index contributed by atoms with van der Waals surface area (Å²) in [5, 5.41) is 0. The lowest BCUT2D eigenvalue weighted by Crippen LogP contribution is -2.32. The number of carbonyl (C=O) groups excluding carboxylic acids is 1. The number of rotatable bonds is 6. The van der Waals surface area contributed by atoms with Crippen molar-refractivity contribution in [1.82, 2.24) is 4.90 Å². The fourth-order valence-electron chi connectivity index (χ4n) is 2.30. The van der Waals surface area contributed by atoms with Crippen LogP contribution in [0.25, 0.3) is 0 Å². The zero-order valence-electron chi connectivity index (χ0n) is 13.2. The van der Waals surface area contributed by atoms with Gasteiger partial charge < -0.3 is 10.6 Å². The maximum atomic E-state index is 13.4. The van der Waals surface area contributed by atoms with E-state index in [4.69, 9.17) is 5.73 Å². The number of nitrogens with zero attached hydrogens (tertiary/aromatic N) is 1. The minimum atomic E-state index is -0.298. The molecule has 2 aromatic rings. The molecule has 0 saturated carbocycles. The Balaban J connectivity index is 0.00000264. The zero-order chi connectivity index (χ0) is 15.9. The van der Waals surface area contributed by atoms with Crippen LogP contribution in [0.1, 0.15) is 27.9 Å². The Morgan fingerprint density at radius 2 is 1.87 bits per heavy atom. The molecule has 0 saturated heterocycles. The molecule has 3 nitrogen and oxygen atoms in total. The van der Waals surface area contributed by atoms with Crippen molar-refractivity contribution in [2.24, 2.45) is 5.73 Å². The van der Waals surface area contributed by atoms with E-state index in [1.165, 1.54) is 12.1 Å². The number of benzene rings is 2. The Labute approximate surface area is 142 Å². The molecule has 0 aliphatic carbocycles. The lowest BCUT2D eigenvalue weighted by molar-refractivity contribution is 0.0742. The van der Waals surface area contributed by atoms with E-state index in [9.17, 15) is 9.18 Å². The first-order valence-corrected chi connectivity index (χ1v) is 7.41. The van der Waals surface area contributed by atoms with Gasteiger partial charge in [-0.15, -0.1) is 12.4 Å². The van der Waals surface area contributed by atoms with E-state index in [0.717, 1.165) is 12.0 Å². The average molecular weight is 337 g/mol. The van der Waals surface area contributed by atoms with Crippen LogP contribution in [0.15, 0.2) is 48.5 Å². The van der Waals surface area contributed by atoms with Crippen LogP contribution in [0.4, 0.5) is 4.39 Å². The van der Waals surface area contributed by atoms with Crippen LogP contribution in [0.3, 0.4) is 0 Å². The number of carbonyl (C=O) groups is 1. The quantitative estimate of drug-likeness (QED) is 0.877. The zero-order valence-corrected chi connectivity index (χ0v) is 14.0. The maximum absolute atomic E-state index is 13.4. The van der Waals surface area contributed by atoms with E-state index >= 15 is 0 Å². The molecule has 1 amide bonds. The lowest BCUT2D eigenvalue weighted by atomic mass is 10.1. The molecule has 0 heterocycles. The van der Waals surface area contributed by atoms with Crippen LogP contribution in [-0.2, 0) is 6.54 Å². The normalized spacial score (nSPS) is 10.0. The molecule has 5 heteroatoms. The number of halogens is 2. The van der Waals surface area contributed by atoms with Gasteiger partial charge in [0.25, 0.3) is 5.91 Å². The molecule has 0 fully saturated rings. The first-order valence-electron chi connectivity index (χ1n) is 7.41. The van der Waals surface area contributed by atoms with Crippen LogP contribution in [0, 0.1) is 12.7 Å². The number of amides is 1. The first kappa shape index (κ1) is 19.1. The highest BCUT2D eigenvalue weighted by atomic mass is 35.5. The summed E-state index contributed by atoms with van der Waals surface area (Å²) in [6.07, 6.45) is 0.735. The van der Waals surface area contributed by atoms with Crippen molar-refractivity contribution in [2.75, 3.05) is 13.1 Å². The predicted octanol–water partition coefficient (Wildman–Crippen LogP) is 3.55. The van der Waals surface area contributed by atoms with Gasteiger partial charge in [0.1, 0.15) is 5.82 Å². The van der Waals surface area contributed by atoms with Gasteiger partial charge in [-0.3, -0.25) is 4.79 Å². The molecule has 0 radical (unpaired) electrons.